The molecule has 0 aliphatic rings. The SMILES string of the molecule is COc1cccc(-c2nccnc2NN)n1. The van der Waals surface area contributed by atoms with Crippen molar-refractivity contribution in [3.63, 3.8) is 0 Å². The minimum atomic E-state index is 0.475. The molecular formula is C10H11N5O. The number of anilines is 1. The summed E-state index contributed by atoms with van der Waals surface area (Å²) in [6, 6.07) is 5.40. The number of hydrogen-bond donors (Lipinski definition) is 2. The van der Waals surface area contributed by atoms with Crippen molar-refractivity contribution in [1.82, 2.24) is 15.0 Å². The van der Waals surface area contributed by atoms with Gasteiger partial charge in [-0.2, -0.15) is 0 Å². The van der Waals surface area contributed by atoms with E-state index < -0.39 is 0 Å². The largest absolute Gasteiger partial charge is 0.481 e. The molecule has 0 atom stereocenters. The van der Waals surface area contributed by atoms with Gasteiger partial charge in [-0.25, -0.2) is 20.8 Å². The third kappa shape index (κ3) is 1.91. The first-order valence-electron chi connectivity index (χ1n) is 4.64. The van der Waals surface area contributed by atoms with Crippen molar-refractivity contribution in [1.29, 1.82) is 0 Å². The van der Waals surface area contributed by atoms with E-state index in [1.54, 1.807) is 25.6 Å². The second-order valence-electron chi connectivity index (χ2n) is 2.96. The van der Waals surface area contributed by atoms with Crippen LogP contribution in [0.1, 0.15) is 0 Å². The van der Waals surface area contributed by atoms with Crippen molar-refractivity contribution >= 4 is 5.82 Å². The third-order valence-electron chi connectivity index (χ3n) is 2.01. The number of rotatable bonds is 3. The Morgan fingerprint density at radius 2 is 2.06 bits per heavy atom. The topological polar surface area (TPSA) is 86.0 Å². The Morgan fingerprint density at radius 3 is 2.81 bits per heavy atom. The standard InChI is InChI=1S/C10H11N5O/c1-16-8-4-2-3-7(14-8)9-10(15-11)13-6-5-12-9/h2-6H,11H2,1H3,(H,13,15). The van der Waals surface area contributed by atoms with Gasteiger partial charge in [-0.15, -0.1) is 0 Å². The van der Waals surface area contributed by atoms with Crippen LogP contribution in [-0.4, -0.2) is 22.1 Å². The summed E-state index contributed by atoms with van der Waals surface area (Å²) in [6.45, 7) is 0. The fraction of sp³-hybridized carbons (Fsp3) is 0.100. The summed E-state index contributed by atoms with van der Waals surface area (Å²) >= 11 is 0. The molecule has 0 saturated heterocycles. The fourth-order valence-corrected chi connectivity index (χ4v) is 1.29. The highest BCUT2D eigenvalue weighted by Crippen LogP contribution is 2.22. The molecular weight excluding hydrogens is 206 g/mol. The summed E-state index contributed by atoms with van der Waals surface area (Å²) < 4.78 is 5.04. The van der Waals surface area contributed by atoms with Crippen molar-refractivity contribution in [2.45, 2.75) is 0 Å². The van der Waals surface area contributed by atoms with Crippen LogP contribution in [0.25, 0.3) is 11.4 Å². The van der Waals surface area contributed by atoms with Gasteiger partial charge in [-0.3, -0.25) is 0 Å². The molecule has 6 heteroatoms. The lowest BCUT2D eigenvalue weighted by atomic mass is 10.2. The van der Waals surface area contributed by atoms with Gasteiger partial charge in [0.15, 0.2) is 5.82 Å². The Morgan fingerprint density at radius 1 is 1.25 bits per heavy atom. The van der Waals surface area contributed by atoms with Gasteiger partial charge in [-0.05, 0) is 6.07 Å². The quantitative estimate of drug-likeness (QED) is 0.585. The van der Waals surface area contributed by atoms with Crippen LogP contribution in [0.2, 0.25) is 0 Å². The van der Waals surface area contributed by atoms with Crippen molar-refractivity contribution in [3.8, 4) is 17.3 Å². The van der Waals surface area contributed by atoms with E-state index in [0.29, 0.717) is 23.1 Å². The van der Waals surface area contributed by atoms with E-state index in [9.17, 15) is 0 Å². The summed E-state index contributed by atoms with van der Waals surface area (Å²) in [5.74, 6) is 6.34. The molecule has 0 fully saturated rings. The zero-order valence-corrected chi connectivity index (χ0v) is 8.71. The highest BCUT2D eigenvalue weighted by atomic mass is 16.5. The number of nitrogen functional groups attached to an aromatic ring is 1. The van der Waals surface area contributed by atoms with Crippen LogP contribution < -0.4 is 16.0 Å². The van der Waals surface area contributed by atoms with E-state index in [1.165, 1.54) is 0 Å². The maximum absolute atomic E-state index is 5.35. The normalized spacial score (nSPS) is 9.88. The molecule has 82 valence electrons. The number of pyridine rings is 1. The summed E-state index contributed by atoms with van der Waals surface area (Å²) in [5, 5.41) is 0. The Balaban J connectivity index is 2.49. The molecule has 0 aliphatic heterocycles. The molecule has 0 unspecified atom stereocenters. The fourth-order valence-electron chi connectivity index (χ4n) is 1.29. The average molecular weight is 217 g/mol. The lowest BCUT2D eigenvalue weighted by molar-refractivity contribution is 0.398. The minimum absolute atomic E-state index is 0.475. The number of methoxy groups -OCH3 is 1. The molecule has 2 heterocycles. The van der Waals surface area contributed by atoms with Gasteiger partial charge in [0, 0.05) is 18.5 Å². The summed E-state index contributed by atoms with van der Waals surface area (Å²) in [5.41, 5.74) is 3.72. The van der Waals surface area contributed by atoms with Gasteiger partial charge in [0.1, 0.15) is 5.69 Å². The summed E-state index contributed by atoms with van der Waals surface area (Å²) in [6.07, 6.45) is 3.14. The second-order valence-corrected chi connectivity index (χ2v) is 2.96. The predicted octanol–water partition coefficient (Wildman–Crippen LogP) is 0.833. The Labute approximate surface area is 92.5 Å². The number of hydrogen-bond acceptors (Lipinski definition) is 6. The smallest absolute Gasteiger partial charge is 0.213 e. The molecule has 0 spiro atoms. The lowest BCUT2D eigenvalue weighted by Crippen LogP contribution is -2.10. The predicted molar refractivity (Wildman–Crippen MR) is 59.6 cm³/mol. The Bertz CT molecular complexity index is 488. The van der Waals surface area contributed by atoms with Crippen LogP contribution in [-0.2, 0) is 0 Å². The third-order valence-corrected chi connectivity index (χ3v) is 2.01. The molecule has 2 aromatic rings. The van der Waals surface area contributed by atoms with Crippen LogP contribution in [0.4, 0.5) is 5.82 Å². The van der Waals surface area contributed by atoms with E-state index in [4.69, 9.17) is 10.6 Å². The number of ether oxygens (including phenoxy) is 1. The highest BCUT2D eigenvalue weighted by molar-refractivity contribution is 5.67. The van der Waals surface area contributed by atoms with Crippen LogP contribution in [0, 0.1) is 0 Å². The number of nitrogens with two attached hydrogens (primary N) is 1. The molecule has 0 saturated carbocycles. The lowest BCUT2D eigenvalue weighted by Gasteiger charge is -2.06. The van der Waals surface area contributed by atoms with E-state index in [0.717, 1.165) is 0 Å². The zero-order valence-electron chi connectivity index (χ0n) is 8.71. The maximum Gasteiger partial charge on any atom is 0.213 e. The maximum atomic E-state index is 5.35. The highest BCUT2D eigenvalue weighted by Gasteiger charge is 2.08. The molecule has 2 aromatic heterocycles. The summed E-state index contributed by atoms with van der Waals surface area (Å²) in [7, 11) is 1.56. The van der Waals surface area contributed by atoms with E-state index in [2.05, 4.69) is 20.4 Å². The minimum Gasteiger partial charge on any atom is -0.481 e. The molecule has 0 radical (unpaired) electrons. The first kappa shape index (κ1) is 10.3. The zero-order chi connectivity index (χ0) is 11.4. The van der Waals surface area contributed by atoms with Gasteiger partial charge in [0.05, 0.1) is 12.8 Å². The number of hydrazine groups is 1. The molecule has 2 rings (SSSR count). The number of nitrogens with zero attached hydrogens (tertiary/aromatic N) is 3. The monoisotopic (exact) mass is 217 g/mol. The molecule has 0 aromatic carbocycles. The van der Waals surface area contributed by atoms with Crippen LogP contribution in [0.3, 0.4) is 0 Å². The van der Waals surface area contributed by atoms with E-state index in [-0.39, 0.29) is 0 Å². The van der Waals surface area contributed by atoms with E-state index in [1.807, 2.05) is 12.1 Å². The van der Waals surface area contributed by atoms with Crippen molar-refractivity contribution in [2.75, 3.05) is 12.5 Å². The summed E-state index contributed by atoms with van der Waals surface area (Å²) in [4.78, 5) is 12.5. The van der Waals surface area contributed by atoms with Crippen LogP contribution >= 0.6 is 0 Å². The van der Waals surface area contributed by atoms with Crippen molar-refractivity contribution < 1.29 is 4.74 Å². The molecule has 0 aliphatic carbocycles. The van der Waals surface area contributed by atoms with E-state index >= 15 is 0 Å². The van der Waals surface area contributed by atoms with Gasteiger partial charge < -0.3 is 10.2 Å². The Kier molecular flexibility index (Phi) is 2.93. The number of aromatic nitrogens is 3. The van der Waals surface area contributed by atoms with Crippen molar-refractivity contribution in [2.24, 2.45) is 5.84 Å². The Hall–Kier alpha value is -2.21. The van der Waals surface area contributed by atoms with Gasteiger partial charge >= 0.3 is 0 Å². The van der Waals surface area contributed by atoms with Crippen molar-refractivity contribution in [3.05, 3.63) is 30.6 Å². The average Bonchev–Trinajstić information content (AvgIpc) is 2.38. The van der Waals surface area contributed by atoms with Gasteiger partial charge in [0.2, 0.25) is 5.88 Å². The number of nitrogens with one attached hydrogen (secondary N) is 1. The molecule has 0 bridgehead atoms. The molecule has 16 heavy (non-hydrogen) atoms. The molecule has 0 amide bonds. The second kappa shape index (κ2) is 4.54. The first-order valence-corrected chi connectivity index (χ1v) is 4.64. The van der Waals surface area contributed by atoms with Crippen LogP contribution in [0.5, 0.6) is 5.88 Å². The van der Waals surface area contributed by atoms with Crippen LogP contribution in [0.15, 0.2) is 30.6 Å². The van der Waals surface area contributed by atoms with Gasteiger partial charge in [-0.1, -0.05) is 6.07 Å². The van der Waals surface area contributed by atoms with Gasteiger partial charge in [0.25, 0.3) is 0 Å². The molecule has 3 N–H and O–H groups in total. The molecule has 6 nitrogen and oxygen atoms in total. The first-order chi connectivity index (χ1) is 7.85.